The largest absolute Gasteiger partial charge is 0.461 e. The van der Waals surface area contributed by atoms with E-state index < -0.39 is 0 Å². The minimum Gasteiger partial charge on any atom is -0.461 e. The summed E-state index contributed by atoms with van der Waals surface area (Å²) in [5.41, 5.74) is 6.56. The van der Waals surface area contributed by atoms with Gasteiger partial charge in [-0.3, -0.25) is 0 Å². The summed E-state index contributed by atoms with van der Waals surface area (Å²) in [5, 5.41) is 11.6. The van der Waals surface area contributed by atoms with Gasteiger partial charge in [-0.1, -0.05) is 17.3 Å². The molecule has 0 radical (unpaired) electrons. The molecule has 8 nitrogen and oxygen atoms in total. The highest BCUT2D eigenvalue weighted by molar-refractivity contribution is 5.44. The lowest BCUT2D eigenvalue weighted by Gasteiger charge is -2.00. The molecule has 2 N–H and O–H groups in total. The molecule has 0 amide bonds. The molecular weight excluding hydrogens is 248 g/mol. The van der Waals surface area contributed by atoms with Gasteiger partial charge in [0.25, 0.3) is 0 Å². The van der Waals surface area contributed by atoms with Crippen LogP contribution in [0.15, 0.2) is 27.3 Å². The first-order valence-electron chi connectivity index (χ1n) is 5.82. The number of furan rings is 1. The van der Waals surface area contributed by atoms with E-state index >= 15 is 0 Å². The van der Waals surface area contributed by atoms with Gasteiger partial charge >= 0.3 is 0 Å². The molecule has 3 aromatic rings. The Morgan fingerprint density at radius 1 is 1.42 bits per heavy atom. The third-order valence-electron chi connectivity index (χ3n) is 2.70. The molecule has 0 saturated carbocycles. The van der Waals surface area contributed by atoms with Crippen molar-refractivity contribution in [3.8, 4) is 11.6 Å². The normalized spacial score (nSPS) is 11.0. The lowest BCUT2D eigenvalue weighted by atomic mass is 10.3. The van der Waals surface area contributed by atoms with Crippen LogP contribution in [0.3, 0.4) is 0 Å². The quantitative estimate of drug-likeness (QED) is 0.748. The van der Waals surface area contributed by atoms with Crippen LogP contribution < -0.4 is 5.73 Å². The van der Waals surface area contributed by atoms with E-state index in [-0.39, 0.29) is 0 Å². The van der Waals surface area contributed by atoms with Gasteiger partial charge in [0.05, 0.1) is 12.0 Å². The summed E-state index contributed by atoms with van der Waals surface area (Å²) in [7, 11) is 0. The summed E-state index contributed by atoms with van der Waals surface area (Å²) in [6, 6.07) is 3.53. The molecule has 0 aliphatic heterocycles. The Balaban J connectivity index is 1.84. The smallest absolute Gasteiger partial charge is 0.248 e. The number of rotatable bonds is 4. The van der Waals surface area contributed by atoms with Crippen LogP contribution in [-0.4, -0.2) is 25.1 Å². The molecule has 98 valence electrons. The number of aromatic nitrogens is 5. The lowest BCUT2D eigenvalue weighted by molar-refractivity contribution is 0.362. The first-order valence-corrected chi connectivity index (χ1v) is 5.82. The van der Waals surface area contributed by atoms with Gasteiger partial charge in [0, 0.05) is 0 Å². The molecule has 3 rings (SSSR count). The second kappa shape index (κ2) is 4.56. The highest BCUT2D eigenvalue weighted by Crippen LogP contribution is 2.17. The Kier molecular flexibility index (Phi) is 2.75. The summed E-state index contributed by atoms with van der Waals surface area (Å²) in [5.74, 6) is 1.81. The molecule has 0 spiro atoms. The number of nitrogens with two attached hydrogens (primary N) is 1. The molecule has 0 atom stereocenters. The van der Waals surface area contributed by atoms with E-state index in [9.17, 15) is 0 Å². The predicted octanol–water partition coefficient (Wildman–Crippen LogP) is 1.11. The lowest BCUT2D eigenvalue weighted by Crippen LogP contribution is -2.07. The number of nitrogens with zero attached hydrogens (tertiary/aromatic N) is 5. The van der Waals surface area contributed by atoms with Crippen LogP contribution in [-0.2, 0) is 13.0 Å². The van der Waals surface area contributed by atoms with Gasteiger partial charge in [-0.15, -0.1) is 5.10 Å². The second-order valence-corrected chi connectivity index (χ2v) is 3.92. The van der Waals surface area contributed by atoms with E-state index in [2.05, 4.69) is 20.5 Å². The zero-order valence-electron chi connectivity index (χ0n) is 10.3. The minimum atomic E-state index is 0.334. The molecule has 19 heavy (non-hydrogen) atoms. The number of nitrogen functional groups attached to an aromatic ring is 1. The molecule has 0 bridgehead atoms. The Morgan fingerprint density at radius 3 is 3.05 bits per heavy atom. The van der Waals surface area contributed by atoms with Crippen LogP contribution in [0, 0.1) is 0 Å². The monoisotopic (exact) mass is 260 g/mol. The highest BCUT2D eigenvalue weighted by atomic mass is 16.5. The van der Waals surface area contributed by atoms with E-state index in [0.29, 0.717) is 29.8 Å². The maximum atomic E-state index is 5.71. The Bertz CT molecular complexity index is 669. The van der Waals surface area contributed by atoms with E-state index in [4.69, 9.17) is 14.7 Å². The van der Waals surface area contributed by atoms with Crippen molar-refractivity contribution < 1.29 is 8.94 Å². The van der Waals surface area contributed by atoms with Gasteiger partial charge in [-0.2, -0.15) is 4.98 Å². The molecular formula is C11H12N6O2. The average Bonchev–Trinajstić information content (AvgIpc) is 3.11. The second-order valence-electron chi connectivity index (χ2n) is 3.92. The summed E-state index contributed by atoms with van der Waals surface area (Å²) in [4.78, 5) is 4.23. The molecule has 0 aromatic carbocycles. The van der Waals surface area contributed by atoms with Crippen LogP contribution in [0.25, 0.3) is 11.6 Å². The van der Waals surface area contributed by atoms with Crippen LogP contribution >= 0.6 is 0 Å². The van der Waals surface area contributed by atoms with Crippen molar-refractivity contribution in [1.29, 1.82) is 0 Å². The zero-order valence-corrected chi connectivity index (χ0v) is 10.3. The predicted molar refractivity (Wildman–Crippen MR) is 64.9 cm³/mol. The highest BCUT2D eigenvalue weighted by Gasteiger charge is 2.14. The molecule has 0 unspecified atom stereocenters. The maximum absolute atomic E-state index is 5.71. The number of hydrogen-bond acceptors (Lipinski definition) is 7. The van der Waals surface area contributed by atoms with Crippen LogP contribution in [0.4, 0.5) is 5.82 Å². The Labute approximate surface area is 108 Å². The molecule has 0 saturated heterocycles. The van der Waals surface area contributed by atoms with Gasteiger partial charge in [-0.25, -0.2) is 4.68 Å². The maximum Gasteiger partial charge on any atom is 0.248 e. The van der Waals surface area contributed by atoms with E-state index in [1.54, 1.807) is 23.1 Å². The van der Waals surface area contributed by atoms with Crippen molar-refractivity contribution in [3.63, 3.8) is 0 Å². The van der Waals surface area contributed by atoms with Crippen molar-refractivity contribution in [3.05, 3.63) is 30.0 Å². The molecule has 3 heterocycles. The van der Waals surface area contributed by atoms with E-state index in [0.717, 1.165) is 12.1 Å². The molecule has 0 aliphatic rings. The summed E-state index contributed by atoms with van der Waals surface area (Å²) < 4.78 is 12.0. The fraction of sp³-hybridized carbons (Fsp3) is 0.273. The zero-order chi connectivity index (χ0) is 13.2. The van der Waals surface area contributed by atoms with Crippen molar-refractivity contribution >= 4 is 5.82 Å². The molecule has 8 heteroatoms. The SMILES string of the molecule is CCc1c(N)nnn1Cc1nc(-c2ccco2)no1. The fourth-order valence-corrected chi connectivity index (χ4v) is 1.79. The number of hydrogen-bond donors (Lipinski definition) is 1. The molecule has 0 fully saturated rings. The van der Waals surface area contributed by atoms with Gasteiger partial charge < -0.3 is 14.7 Å². The molecule has 0 aliphatic carbocycles. The summed E-state index contributed by atoms with van der Waals surface area (Å²) >= 11 is 0. The topological polar surface area (TPSA) is 109 Å². The van der Waals surface area contributed by atoms with Crippen LogP contribution in [0.5, 0.6) is 0 Å². The Hall–Kier alpha value is -2.64. The van der Waals surface area contributed by atoms with E-state index in [1.807, 2.05) is 6.92 Å². The van der Waals surface area contributed by atoms with Gasteiger partial charge in [-0.05, 0) is 18.6 Å². The number of anilines is 1. The standard InChI is InChI=1S/C11H12N6O2/c1-2-7-10(12)14-16-17(7)6-9-13-11(15-19-9)8-4-3-5-18-8/h3-5H,2,6,12H2,1H3. The van der Waals surface area contributed by atoms with Crippen molar-refractivity contribution in [2.75, 3.05) is 5.73 Å². The summed E-state index contributed by atoms with van der Waals surface area (Å²) in [6.45, 7) is 2.31. The van der Waals surface area contributed by atoms with Gasteiger partial charge in [0.15, 0.2) is 11.6 Å². The first kappa shape index (κ1) is 11.5. The third kappa shape index (κ3) is 2.07. The molecule has 3 aromatic heterocycles. The minimum absolute atomic E-state index is 0.334. The average molecular weight is 260 g/mol. The van der Waals surface area contributed by atoms with Crippen molar-refractivity contribution in [2.24, 2.45) is 0 Å². The van der Waals surface area contributed by atoms with Gasteiger partial charge in [0.1, 0.15) is 6.54 Å². The summed E-state index contributed by atoms with van der Waals surface area (Å²) in [6.07, 6.45) is 2.29. The first-order chi connectivity index (χ1) is 9.28. The van der Waals surface area contributed by atoms with Crippen molar-refractivity contribution in [1.82, 2.24) is 25.1 Å². The van der Waals surface area contributed by atoms with Crippen molar-refractivity contribution in [2.45, 2.75) is 19.9 Å². The fourth-order valence-electron chi connectivity index (χ4n) is 1.79. The van der Waals surface area contributed by atoms with E-state index in [1.165, 1.54) is 0 Å². The van der Waals surface area contributed by atoms with Gasteiger partial charge in [0.2, 0.25) is 11.7 Å². The van der Waals surface area contributed by atoms with Crippen LogP contribution in [0.2, 0.25) is 0 Å². The Morgan fingerprint density at radius 2 is 2.32 bits per heavy atom. The third-order valence-corrected chi connectivity index (χ3v) is 2.70. The van der Waals surface area contributed by atoms with Crippen LogP contribution in [0.1, 0.15) is 18.5 Å².